The van der Waals surface area contributed by atoms with Crippen molar-refractivity contribution in [3.05, 3.63) is 54.6 Å². The van der Waals surface area contributed by atoms with Gasteiger partial charge in [-0.05, 0) is 0 Å². The molecule has 0 bridgehead atoms. The molecule has 72 valence electrons. The topological polar surface area (TPSA) is 9.23 Å². The fraction of sp³-hybridized carbons (Fsp3) is 0. The molecule has 2 aromatic rings. The molecule has 0 aliphatic carbocycles. The molecule has 0 heterocycles. The first-order valence-electron chi connectivity index (χ1n) is 4.49. The monoisotopic (exact) mass is 228 g/mol. The van der Waals surface area contributed by atoms with Gasteiger partial charge in [-0.25, -0.2) is 0 Å². The average molecular weight is 229 g/mol. The van der Waals surface area contributed by atoms with E-state index in [0.29, 0.717) is 0 Å². The quantitative estimate of drug-likeness (QED) is 0.617. The zero-order valence-electron chi connectivity index (χ0n) is 8.19. The van der Waals surface area contributed by atoms with Gasteiger partial charge in [-0.3, -0.25) is 0 Å². The average Bonchev–Trinajstić information content (AvgIpc) is 2.23. The number of hydrogen-bond acceptors (Lipinski definition) is 1. The van der Waals surface area contributed by atoms with Crippen LogP contribution in [-0.2, 0) is 0 Å². The summed E-state index contributed by atoms with van der Waals surface area (Å²) < 4.78 is 6.91. The molecule has 0 aliphatic heterocycles. The van der Waals surface area contributed by atoms with E-state index < -0.39 is 0 Å². The number of halogens is 1. The fourth-order valence-corrected chi connectivity index (χ4v) is 1.42. The van der Waals surface area contributed by atoms with E-state index in [-0.39, 0.29) is 12.4 Å². The molecule has 0 saturated heterocycles. The Morgan fingerprint density at radius 2 is 1.27 bits per heavy atom. The maximum absolute atomic E-state index is 5.64. The molecular formula is C12H9ClMgO. The van der Waals surface area contributed by atoms with E-state index >= 15 is 0 Å². The first-order valence-corrected chi connectivity index (χ1v) is 5.20. The summed E-state index contributed by atoms with van der Waals surface area (Å²) >= 11 is 1.87. The van der Waals surface area contributed by atoms with Crippen molar-refractivity contribution in [1.29, 1.82) is 0 Å². The van der Waals surface area contributed by atoms with Crippen LogP contribution in [0.25, 0.3) is 0 Å². The van der Waals surface area contributed by atoms with Crippen LogP contribution in [0.2, 0.25) is 0 Å². The predicted molar refractivity (Wildman–Crippen MR) is 58.3 cm³/mol. The van der Waals surface area contributed by atoms with Crippen molar-refractivity contribution in [2.24, 2.45) is 0 Å². The van der Waals surface area contributed by atoms with Gasteiger partial charge in [-0.15, -0.1) is 0 Å². The number of para-hydroxylation sites is 1. The van der Waals surface area contributed by atoms with E-state index in [1.54, 1.807) is 0 Å². The third-order valence-electron chi connectivity index (χ3n) is 1.90. The molecule has 0 saturated carbocycles. The van der Waals surface area contributed by atoms with E-state index in [1.807, 2.05) is 64.2 Å². The van der Waals surface area contributed by atoms with Gasteiger partial charge in [-0.1, -0.05) is 0 Å². The Labute approximate surface area is 108 Å². The van der Waals surface area contributed by atoms with Crippen molar-refractivity contribution in [3.8, 4) is 11.5 Å². The number of benzene rings is 2. The van der Waals surface area contributed by atoms with Gasteiger partial charge in [0.15, 0.2) is 0 Å². The third kappa shape index (κ3) is 3.74. The van der Waals surface area contributed by atoms with E-state index in [4.69, 9.17) is 4.74 Å². The molecule has 2 aromatic carbocycles. The first kappa shape index (κ1) is 12.4. The van der Waals surface area contributed by atoms with Crippen LogP contribution in [-0.4, -0.2) is 21.7 Å². The Kier molecular flexibility index (Phi) is 4.95. The molecule has 0 unspecified atom stereocenters. The van der Waals surface area contributed by atoms with Crippen molar-refractivity contribution < 1.29 is 17.1 Å². The summed E-state index contributed by atoms with van der Waals surface area (Å²) in [5.74, 6) is 1.76. The Hall–Kier alpha value is -0.704. The second-order valence-corrected chi connectivity index (χ2v) is 3.88. The third-order valence-corrected chi connectivity index (χ3v) is 2.37. The van der Waals surface area contributed by atoms with E-state index in [9.17, 15) is 0 Å². The van der Waals surface area contributed by atoms with Crippen molar-refractivity contribution >= 4 is 25.4 Å². The normalized spacial score (nSPS) is 9.20. The molecule has 2 rings (SSSR count). The van der Waals surface area contributed by atoms with Gasteiger partial charge in [0.2, 0.25) is 0 Å². The van der Waals surface area contributed by atoms with Gasteiger partial charge in [0.1, 0.15) is 0 Å². The second kappa shape index (κ2) is 6.01. The molecule has 15 heavy (non-hydrogen) atoms. The summed E-state index contributed by atoms with van der Waals surface area (Å²) in [6.07, 6.45) is 0. The van der Waals surface area contributed by atoms with Gasteiger partial charge in [0.05, 0.1) is 0 Å². The van der Waals surface area contributed by atoms with E-state index in [1.165, 1.54) is 3.69 Å². The van der Waals surface area contributed by atoms with Crippen molar-refractivity contribution in [2.75, 3.05) is 0 Å². The van der Waals surface area contributed by atoms with Crippen LogP contribution in [0.5, 0.6) is 11.5 Å². The predicted octanol–water partition coefficient (Wildman–Crippen LogP) is -0.723. The van der Waals surface area contributed by atoms with Gasteiger partial charge < -0.3 is 12.4 Å². The van der Waals surface area contributed by atoms with Crippen LogP contribution in [0.4, 0.5) is 0 Å². The maximum atomic E-state index is 5.64. The summed E-state index contributed by atoms with van der Waals surface area (Å²) in [7, 11) is 0. The van der Waals surface area contributed by atoms with Crippen molar-refractivity contribution in [2.45, 2.75) is 0 Å². The Morgan fingerprint density at radius 1 is 0.733 bits per heavy atom. The molecule has 0 fully saturated rings. The minimum absolute atomic E-state index is 0. The SMILES string of the molecule is [Cl-].[Mg+][c]1ccc(Oc2ccccc2)cc1. The molecule has 0 radical (unpaired) electrons. The number of hydrogen-bond donors (Lipinski definition) is 0. The Morgan fingerprint density at radius 3 is 1.87 bits per heavy atom. The van der Waals surface area contributed by atoms with Crippen LogP contribution >= 0.6 is 0 Å². The van der Waals surface area contributed by atoms with E-state index in [0.717, 1.165) is 11.5 Å². The minimum atomic E-state index is 0. The van der Waals surface area contributed by atoms with Gasteiger partial charge in [-0.2, -0.15) is 0 Å². The summed E-state index contributed by atoms with van der Waals surface area (Å²) in [5, 5.41) is 0. The molecule has 0 aromatic heterocycles. The molecular weight excluding hydrogens is 220 g/mol. The molecule has 0 aliphatic rings. The second-order valence-electron chi connectivity index (χ2n) is 3.06. The van der Waals surface area contributed by atoms with Crippen LogP contribution in [0, 0.1) is 0 Å². The standard InChI is InChI=1S/C12H9O.ClH.Mg/c1-3-7-11(8-4-1)13-12-9-5-2-6-10-12;;/h1,3-10H;1H;/q;;+1/p-1. The molecule has 0 spiro atoms. The zero-order chi connectivity index (χ0) is 9.80. The molecule has 0 amide bonds. The Bertz CT molecular complexity index is 400. The van der Waals surface area contributed by atoms with Crippen LogP contribution < -0.4 is 20.8 Å². The summed E-state index contributed by atoms with van der Waals surface area (Å²) in [6, 6.07) is 17.9. The van der Waals surface area contributed by atoms with Crippen LogP contribution in [0.3, 0.4) is 0 Å². The molecule has 1 nitrogen and oxygen atoms in total. The molecule has 3 heteroatoms. The fourth-order valence-electron chi connectivity index (χ4n) is 1.18. The summed E-state index contributed by atoms with van der Waals surface area (Å²) in [4.78, 5) is 0. The van der Waals surface area contributed by atoms with Crippen LogP contribution in [0.1, 0.15) is 0 Å². The van der Waals surface area contributed by atoms with Crippen LogP contribution in [0.15, 0.2) is 54.6 Å². The number of ether oxygens (including phenoxy) is 1. The molecule has 0 atom stereocenters. The van der Waals surface area contributed by atoms with Crippen molar-refractivity contribution in [1.82, 2.24) is 0 Å². The zero-order valence-corrected chi connectivity index (χ0v) is 10.4. The van der Waals surface area contributed by atoms with Gasteiger partial charge >= 0.3 is 96.2 Å². The summed E-state index contributed by atoms with van der Waals surface area (Å²) in [6.45, 7) is 0. The Balaban J connectivity index is 0.00000112. The first-order chi connectivity index (χ1) is 6.84. The number of rotatable bonds is 2. The van der Waals surface area contributed by atoms with Gasteiger partial charge in [0, 0.05) is 0 Å². The molecule has 0 N–H and O–H groups in total. The van der Waals surface area contributed by atoms with Crippen molar-refractivity contribution in [3.63, 3.8) is 0 Å². The van der Waals surface area contributed by atoms with E-state index in [2.05, 4.69) is 12.1 Å². The van der Waals surface area contributed by atoms with Gasteiger partial charge in [0.25, 0.3) is 0 Å². The summed E-state index contributed by atoms with van der Waals surface area (Å²) in [5.41, 5.74) is 0.